The molecule has 1 atom stereocenters. The van der Waals surface area contributed by atoms with Crippen LogP contribution >= 0.6 is 0 Å². The molecule has 1 aliphatic carbocycles. The summed E-state index contributed by atoms with van der Waals surface area (Å²) in [5.41, 5.74) is 0.857. The van der Waals surface area contributed by atoms with Crippen molar-refractivity contribution in [2.45, 2.75) is 51.1 Å². The lowest BCUT2D eigenvalue weighted by Gasteiger charge is -2.32. The van der Waals surface area contributed by atoms with Crippen molar-refractivity contribution in [3.8, 4) is 0 Å². The first-order chi connectivity index (χ1) is 17.4. The molecule has 9 nitrogen and oxygen atoms in total. The van der Waals surface area contributed by atoms with Crippen LogP contribution in [-0.2, 0) is 9.59 Å². The Morgan fingerprint density at radius 3 is 2.25 bits per heavy atom. The molecule has 1 unspecified atom stereocenters. The highest BCUT2D eigenvalue weighted by molar-refractivity contribution is 6.04. The largest absolute Gasteiger partial charge is 0.467 e. The van der Waals surface area contributed by atoms with Crippen molar-refractivity contribution in [1.29, 1.82) is 0 Å². The topological polar surface area (TPSA) is 122 Å². The average molecular weight is 492 g/mol. The molecule has 0 spiro atoms. The summed E-state index contributed by atoms with van der Waals surface area (Å²) in [7, 11) is 0. The zero-order chi connectivity index (χ0) is 25.5. The lowest BCUT2D eigenvalue weighted by Crippen LogP contribution is -2.49. The zero-order valence-corrected chi connectivity index (χ0v) is 20.1. The molecular formula is C27H29N3O6. The molecule has 0 bridgehead atoms. The van der Waals surface area contributed by atoms with Crippen LogP contribution in [0.25, 0.3) is 0 Å². The van der Waals surface area contributed by atoms with E-state index >= 15 is 0 Å². The Morgan fingerprint density at radius 2 is 1.64 bits per heavy atom. The van der Waals surface area contributed by atoms with Crippen LogP contribution < -0.4 is 15.5 Å². The minimum absolute atomic E-state index is 0.0133. The van der Waals surface area contributed by atoms with E-state index in [1.807, 2.05) is 0 Å². The van der Waals surface area contributed by atoms with Crippen molar-refractivity contribution in [2.24, 2.45) is 0 Å². The summed E-state index contributed by atoms with van der Waals surface area (Å²) < 4.78 is 10.7. The number of hydrogen-bond acceptors (Lipinski definition) is 6. The third-order valence-corrected chi connectivity index (χ3v) is 6.24. The van der Waals surface area contributed by atoms with Gasteiger partial charge in [0.05, 0.1) is 19.1 Å². The predicted octanol–water partition coefficient (Wildman–Crippen LogP) is 4.03. The smallest absolute Gasteiger partial charge is 0.287 e. The number of carbonyl (C=O) groups is 4. The molecule has 0 aliphatic heterocycles. The van der Waals surface area contributed by atoms with E-state index in [1.165, 1.54) is 30.4 Å². The van der Waals surface area contributed by atoms with Gasteiger partial charge in [0.15, 0.2) is 17.6 Å². The fourth-order valence-electron chi connectivity index (χ4n) is 4.38. The van der Waals surface area contributed by atoms with Crippen LogP contribution in [0.1, 0.15) is 71.7 Å². The molecule has 0 saturated heterocycles. The van der Waals surface area contributed by atoms with Crippen molar-refractivity contribution in [3.05, 3.63) is 78.1 Å². The maximum absolute atomic E-state index is 13.6. The van der Waals surface area contributed by atoms with E-state index in [9.17, 15) is 19.2 Å². The van der Waals surface area contributed by atoms with Crippen LogP contribution in [0.15, 0.2) is 69.9 Å². The highest BCUT2D eigenvalue weighted by Gasteiger charge is 2.36. The van der Waals surface area contributed by atoms with Gasteiger partial charge in [-0.2, -0.15) is 0 Å². The summed E-state index contributed by atoms with van der Waals surface area (Å²) in [4.78, 5) is 52.6. The molecule has 3 amide bonds. The molecular weight excluding hydrogens is 462 g/mol. The number of ketones is 1. The number of hydrogen-bond donors (Lipinski definition) is 2. The van der Waals surface area contributed by atoms with Gasteiger partial charge in [0.25, 0.3) is 11.8 Å². The van der Waals surface area contributed by atoms with Gasteiger partial charge < -0.3 is 19.5 Å². The molecule has 2 heterocycles. The SMILES string of the molecule is CC(=O)c1ccc(N(C(=O)CNC(=O)c2ccco2)C(C(=O)NC2CCCCC2)c2ccco2)cc1. The number of rotatable bonds is 9. The number of nitrogens with one attached hydrogen (secondary N) is 2. The number of furan rings is 2. The molecule has 2 N–H and O–H groups in total. The second-order valence-electron chi connectivity index (χ2n) is 8.79. The summed E-state index contributed by atoms with van der Waals surface area (Å²) in [6.07, 6.45) is 7.75. The van der Waals surface area contributed by atoms with E-state index in [-0.39, 0.29) is 35.8 Å². The van der Waals surface area contributed by atoms with Crippen LogP contribution in [0.4, 0.5) is 5.69 Å². The van der Waals surface area contributed by atoms with Gasteiger partial charge in [-0.15, -0.1) is 0 Å². The van der Waals surface area contributed by atoms with E-state index in [4.69, 9.17) is 8.83 Å². The van der Waals surface area contributed by atoms with Crippen LogP contribution in [0.3, 0.4) is 0 Å². The van der Waals surface area contributed by atoms with Crippen molar-refractivity contribution in [2.75, 3.05) is 11.4 Å². The summed E-state index contributed by atoms with van der Waals surface area (Å²) in [6, 6.07) is 11.6. The number of benzene rings is 1. The number of anilines is 1. The van der Waals surface area contributed by atoms with Crippen molar-refractivity contribution >= 4 is 29.2 Å². The second-order valence-corrected chi connectivity index (χ2v) is 8.79. The molecule has 3 aromatic rings. The van der Waals surface area contributed by atoms with Crippen LogP contribution in [-0.4, -0.2) is 36.1 Å². The number of carbonyl (C=O) groups excluding carboxylic acids is 4. The Morgan fingerprint density at radius 1 is 0.944 bits per heavy atom. The Bertz CT molecular complexity index is 1180. The van der Waals surface area contributed by atoms with Crippen molar-refractivity contribution < 1.29 is 28.0 Å². The van der Waals surface area contributed by atoms with Gasteiger partial charge in [0.1, 0.15) is 5.76 Å². The third-order valence-electron chi connectivity index (χ3n) is 6.24. The molecule has 1 fully saturated rings. The molecule has 1 saturated carbocycles. The van der Waals surface area contributed by atoms with Crippen molar-refractivity contribution in [1.82, 2.24) is 10.6 Å². The minimum Gasteiger partial charge on any atom is -0.467 e. The fourth-order valence-corrected chi connectivity index (χ4v) is 4.38. The third kappa shape index (κ3) is 5.91. The molecule has 36 heavy (non-hydrogen) atoms. The molecule has 2 aromatic heterocycles. The standard InChI is InChI=1S/C27H29N3O6/c1-18(31)19-11-13-21(14-12-19)30(24(32)17-28-26(33)23-10-6-16-36-23)25(22-9-5-15-35-22)27(34)29-20-7-3-2-4-8-20/h5-6,9-16,20,25H,2-4,7-8,17H2,1H3,(H,28,33)(H,29,34). The van der Waals surface area contributed by atoms with Crippen LogP contribution in [0.5, 0.6) is 0 Å². The van der Waals surface area contributed by atoms with Gasteiger partial charge in [0.2, 0.25) is 5.91 Å². The Labute approximate surface area is 208 Å². The van der Waals surface area contributed by atoms with Crippen LogP contribution in [0.2, 0.25) is 0 Å². The quantitative estimate of drug-likeness (QED) is 0.436. The Kier molecular flexibility index (Phi) is 7.99. The van der Waals surface area contributed by atoms with E-state index in [0.29, 0.717) is 11.3 Å². The van der Waals surface area contributed by atoms with E-state index in [0.717, 1.165) is 32.1 Å². The van der Waals surface area contributed by atoms with Gasteiger partial charge in [-0.1, -0.05) is 19.3 Å². The molecule has 0 radical (unpaired) electrons. The molecule has 1 aromatic carbocycles. The maximum Gasteiger partial charge on any atom is 0.287 e. The first-order valence-electron chi connectivity index (χ1n) is 12.0. The molecule has 9 heteroatoms. The number of Topliss-reactive ketones (excluding diaryl/α,β-unsaturated/α-hetero) is 1. The number of amides is 3. The van der Waals surface area contributed by atoms with E-state index < -0.39 is 17.9 Å². The molecule has 188 valence electrons. The van der Waals surface area contributed by atoms with Crippen LogP contribution in [0, 0.1) is 0 Å². The number of nitrogens with zero attached hydrogens (tertiary/aromatic N) is 1. The first kappa shape index (κ1) is 25.0. The van der Waals surface area contributed by atoms with Gasteiger partial charge in [0, 0.05) is 17.3 Å². The Balaban J connectivity index is 1.65. The summed E-state index contributed by atoms with van der Waals surface area (Å²) in [5, 5.41) is 5.62. The summed E-state index contributed by atoms with van der Waals surface area (Å²) in [5.74, 6) is -1.24. The monoisotopic (exact) mass is 491 g/mol. The van der Waals surface area contributed by atoms with Gasteiger partial charge in [-0.3, -0.25) is 24.1 Å². The fraction of sp³-hybridized carbons (Fsp3) is 0.333. The van der Waals surface area contributed by atoms with Gasteiger partial charge >= 0.3 is 0 Å². The lowest BCUT2D eigenvalue weighted by molar-refractivity contribution is -0.127. The normalized spacial score (nSPS) is 14.6. The average Bonchev–Trinajstić information content (AvgIpc) is 3.61. The van der Waals surface area contributed by atoms with Crippen molar-refractivity contribution in [3.63, 3.8) is 0 Å². The highest BCUT2D eigenvalue weighted by atomic mass is 16.3. The maximum atomic E-state index is 13.6. The summed E-state index contributed by atoms with van der Waals surface area (Å²) >= 11 is 0. The van der Waals surface area contributed by atoms with Gasteiger partial charge in [-0.05, 0) is 68.3 Å². The predicted molar refractivity (Wildman–Crippen MR) is 131 cm³/mol. The minimum atomic E-state index is -1.11. The van der Waals surface area contributed by atoms with E-state index in [1.54, 1.807) is 42.5 Å². The Hall–Kier alpha value is -4.14. The van der Waals surface area contributed by atoms with Gasteiger partial charge in [-0.25, -0.2) is 0 Å². The molecule has 4 rings (SSSR count). The van der Waals surface area contributed by atoms with E-state index in [2.05, 4.69) is 10.6 Å². The highest BCUT2D eigenvalue weighted by Crippen LogP contribution is 2.30. The zero-order valence-electron chi connectivity index (χ0n) is 20.1. The summed E-state index contributed by atoms with van der Waals surface area (Å²) in [6.45, 7) is 1.06. The lowest BCUT2D eigenvalue weighted by atomic mass is 9.95. The second kappa shape index (κ2) is 11.5. The molecule has 1 aliphatic rings. The first-order valence-corrected chi connectivity index (χ1v) is 12.0.